The maximum atomic E-state index is 12.5. The summed E-state index contributed by atoms with van der Waals surface area (Å²) in [6.07, 6.45) is 1.47. The van der Waals surface area contributed by atoms with Crippen LogP contribution in [0.1, 0.15) is 5.56 Å². The number of carbonyl (C=O) groups excluding carboxylic acids is 3. The van der Waals surface area contributed by atoms with Gasteiger partial charge in [0.05, 0.1) is 15.0 Å². The first-order valence-corrected chi connectivity index (χ1v) is 10.1. The molecule has 1 aliphatic heterocycles. The number of aromatic hydroxyl groups is 1. The Morgan fingerprint density at radius 1 is 1.18 bits per heavy atom. The van der Waals surface area contributed by atoms with E-state index < -0.39 is 23.6 Å². The number of anilines is 1. The van der Waals surface area contributed by atoms with Gasteiger partial charge in [-0.05, 0) is 69.7 Å². The smallest absolute Gasteiger partial charge is 0.294 e. The minimum atomic E-state index is -0.580. The van der Waals surface area contributed by atoms with Crippen LogP contribution in [-0.2, 0) is 9.59 Å². The van der Waals surface area contributed by atoms with Crippen LogP contribution in [-0.4, -0.2) is 33.6 Å². The molecule has 2 N–H and O–H groups in total. The zero-order chi connectivity index (χ0) is 20.4. The first-order valence-electron chi connectivity index (χ1n) is 7.73. The van der Waals surface area contributed by atoms with Crippen LogP contribution < -0.4 is 5.32 Å². The van der Waals surface area contributed by atoms with Crippen LogP contribution in [0.2, 0.25) is 10.0 Å². The largest absolute Gasteiger partial charge is 0.506 e. The van der Waals surface area contributed by atoms with E-state index in [1.807, 2.05) is 0 Å². The van der Waals surface area contributed by atoms with E-state index in [-0.39, 0.29) is 15.7 Å². The van der Waals surface area contributed by atoms with Gasteiger partial charge in [0.15, 0.2) is 0 Å². The van der Waals surface area contributed by atoms with Crippen molar-refractivity contribution >= 4 is 79.7 Å². The molecule has 6 nitrogen and oxygen atoms in total. The van der Waals surface area contributed by atoms with E-state index in [1.54, 1.807) is 24.3 Å². The van der Waals surface area contributed by atoms with E-state index in [9.17, 15) is 19.5 Å². The highest BCUT2D eigenvalue weighted by Gasteiger charge is 2.36. The summed E-state index contributed by atoms with van der Waals surface area (Å²) in [6.45, 7) is -0.425. The maximum Gasteiger partial charge on any atom is 0.294 e. The third kappa shape index (κ3) is 4.70. The van der Waals surface area contributed by atoms with Gasteiger partial charge >= 0.3 is 0 Å². The molecule has 1 saturated heterocycles. The van der Waals surface area contributed by atoms with Gasteiger partial charge in [0.1, 0.15) is 12.3 Å². The Morgan fingerprint density at radius 2 is 1.93 bits per heavy atom. The van der Waals surface area contributed by atoms with Gasteiger partial charge in [-0.2, -0.15) is 0 Å². The van der Waals surface area contributed by atoms with Crippen molar-refractivity contribution in [3.05, 3.63) is 61.4 Å². The summed E-state index contributed by atoms with van der Waals surface area (Å²) in [7, 11) is 0. The number of carbonyl (C=O) groups is 3. The van der Waals surface area contributed by atoms with Crippen molar-refractivity contribution in [2.24, 2.45) is 0 Å². The topological polar surface area (TPSA) is 86.7 Å². The van der Waals surface area contributed by atoms with Crippen molar-refractivity contribution in [1.82, 2.24) is 4.90 Å². The van der Waals surface area contributed by atoms with E-state index in [4.69, 9.17) is 23.2 Å². The monoisotopic (exact) mass is 500 g/mol. The van der Waals surface area contributed by atoms with Crippen LogP contribution in [0.4, 0.5) is 10.5 Å². The molecule has 0 unspecified atom stereocenters. The van der Waals surface area contributed by atoms with Crippen molar-refractivity contribution in [3.63, 3.8) is 0 Å². The Bertz CT molecular complexity index is 1030. The van der Waals surface area contributed by atoms with E-state index in [1.165, 1.54) is 18.2 Å². The third-order valence-electron chi connectivity index (χ3n) is 3.65. The van der Waals surface area contributed by atoms with Crippen molar-refractivity contribution in [2.75, 3.05) is 11.9 Å². The predicted octanol–water partition coefficient (Wildman–Crippen LogP) is 5.14. The lowest BCUT2D eigenvalue weighted by atomic mass is 10.2. The lowest BCUT2D eigenvalue weighted by Crippen LogP contribution is -2.36. The van der Waals surface area contributed by atoms with E-state index >= 15 is 0 Å². The summed E-state index contributed by atoms with van der Waals surface area (Å²) in [5.41, 5.74) is 0.988. The molecule has 0 atom stereocenters. The third-order valence-corrected chi connectivity index (χ3v) is 6.09. The molecule has 2 aromatic rings. The summed E-state index contributed by atoms with van der Waals surface area (Å²) in [5.74, 6) is -1.20. The Kier molecular flexibility index (Phi) is 6.34. The SMILES string of the molecule is O=C(CN1C(=O)S/C(=C/c2ccc(O)c(Cl)c2)C1=O)Nc1ccc(Br)c(Cl)c1. The van der Waals surface area contributed by atoms with Gasteiger partial charge < -0.3 is 10.4 Å². The van der Waals surface area contributed by atoms with Crippen molar-refractivity contribution in [1.29, 1.82) is 0 Å². The lowest BCUT2D eigenvalue weighted by Gasteiger charge is -2.12. The molecule has 2 aromatic carbocycles. The van der Waals surface area contributed by atoms with Crippen molar-refractivity contribution in [2.45, 2.75) is 0 Å². The number of phenolic OH excluding ortho intramolecular Hbond substituents is 1. The second kappa shape index (κ2) is 8.57. The van der Waals surface area contributed by atoms with Gasteiger partial charge in [-0.3, -0.25) is 19.3 Å². The van der Waals surface area contributed by atoms with Crippen LogP contribution in [0, 0.1) is 0 Å². The van der Waals surface area contributed by atoms with Gasteiger partial charge in [-0.25, -0.2) is 0 Å². The van der Waals surface area contributed by atoms with E-state index in [0.29, 0.717) is 20.7 Å². The van der Waals surface area contributed by atoms with Crippen LogP contribution in [0.5, 0.6) is 5.75 Å². The number of halogens is 3. The normalized spacial score (nSPS) is 15.4. The summed E-state index contributed by atoms with van der Waals surface area (Å²) in [5, 5.41) is 12.0. The van der Waals surface area contributed by atoms with Crippen LogP contribution in [0.3, 0.4) is 0 Å². The molecule has 0 bridgehead atoms. The Hall–Kier alpha value is -2.00. The van der Waals surface area contributed by atoms with Crippen LogP contribution >= 0.6 is 50.9 Å². The van der Waals surface area contributed by atoms with Crippen molar-refractivity contribution < 1.29 is 19.5 Å². The molecule has 144 valence electrons. The standard InChI is InChI=1S/C18H11BrCl2N2O4S/c19-11-3-2-10(7-12(11)20)22-16(25)8-23-17(26)15(28-18(23)27)6-9-1-4-14(24)13(21)5-9/h1-7,24H,8H2,(H,22,25)/b15-6+. The average Bonchev–Trinajstić information content (AvgIpc) is 2.89. The average molecular weight is 502 g/mol. The number of thioether (sulfide) groups is 1. The number of hydrogen-bond donors (Lipinski definition) is 2. The first kappa shape index (κ1) is 20.7. The fourth-order valence-electron chi connectivity index (χ4n) is 2.32. The molecule has 0 saturated carbocycles. The highest BCUT2D eigenvalue weighted by Crippen LogP contribution is 2.33. The van der Waals surface area contributed by atoms with Gasteiger partial charge in [-0.1, -0.05) is 29.3 Å². The fraction of sp³-hybridized carbons (Fsp3) is 0.0556. The fourth-order valence-corrected chi connectivity index (χ4v) is 3.77. The highest BCUT2D eigenvalue weighted by atomic mass is 79.9. The van der Waals surface area contributed by atoms with Crippen LogP contribution in [0.25, 0.3) is 6.08 Å². The van der Waals surface area contributed by atoms with Gasteiger partial charge in [0.25, 0.3) is 11.1 Å². The summed E-state index contributed by atoms with van der Waals surface area (Å²) in [4.78, 5) is 37.9. The van der Waals surface area contributed by atoms with Gasteiger partial charge in [0.2, 0.25) is 5.91 Å². The molecule has 0 spiro atoms. The molecule has 10 heteroatoms. The number of imide groups is 1. The van der Waals surface area contributed by atoms with Gasteiger partial charge in [0, 0.05) is 10.2 Å². The quantitative estimate of drug-likeness (QED) is 0.566. The molecule has 1 aliphatic rings. The second-order valence-electron chi connectivity index (χ2n) is 5.66. The molecule has 0 radical (unpaired) electrons. The van der Waals surface area contributed by atoms with Crippen molar-refractivity contribution in [3.8, 4) is 5.75 Å². The zero-order valence-electron chi connectivity index (χ0n) is 13.9. The molecule has 3 rings (SSSR count). The number of nitrogens with one attached hydrogen (secondary N) is 1. The first-order chi connectivity index (χ1) is 13.2. The molecule has 1 fully saturated rings. The molecule has 1 heterocycles. The number of hydrogen-bond acceptors (Lipinski definition) is 5. The molecule has 0 aromatic heterocycles. The lowest BCUT2D eigenvalue weighted by molar-refractivity contribution is -0.127. The number of phenols is 1. The minimum Gasteiger partial charge on any atom is -0.506 e. The highest BCUT2D eigenvalue weighted by molar-refractivity contribution is 9.10. The Labute approximate surface area is 182 Å². The number of nitrogens with zero attached hydrogens (tertiary/aromatic N) is 1. The van der Waals surface area contributed by atoms with Gasteiger partial charge in [-0.15, -0.1) is 0 Å². The molecule has 3 amide bonds. The molecular formula is C18H11BrCl2N2O4S. The van der Waals surface area contributed by atoms with Crippen LogP contribution in [0.15, 0.2) is 45.8 Å². The van der Waals surface area contributed by atoms with E-state index in [2.05, 4.69) is 21.2 Å². The molecular weight excluding hydrogens is 491 g/mol. The Morgan fingerprint density at radius 3 is 2.61 bits per heavy atom. The number of amides is 3. The zero-order valence-corrected chi connectivity index (χ0v) is 17.8. The molecule has 0 aliphatic carbocycles. The minimum absolute atomic E-state index is 0.0864. The summed E-state index contributed by atoms with van der Waals surface area (Å²) in [6, 6.07) is 9.26. The maximum absolute atomic E-state index is 12.5. The predicted molar refractivity (Wildman–Crippen MR) is 114 cm³/mol. The van der Waals surface area contributed by atoms with E-state index in [0.717, 1.165) is 16.7 Å². The Balaban J connectivity index is 1.70. The molecule has 28 heavy (non-hydrogen) atoms. The number of benzene rings is 2. The summed E-state index contributed by atoms with van der Waals surface area (Å²) < 4.78 is 0.678. The number of rotatable bonds is 4. The summed E-state index contributed by atoms with van der Waals surface area (Å²) >= 11 is 15.8. The second-order valence-corrected chi connectivity index (χ2v) is 8.32.